The second-order valence-electron chi connectivity index (χ2n) is 10.4. The maximum atomic E-state index is 15.8. The Bertz CT molecular complexity index is 1070. The van der Waals surface area contributed by atoms with Crippen molar-refractivity contribution in [2.75, 3.05) is 6.61 Å². The number of ether oxygens (including phenoxy) is 2. The molecule has 2 aromatic rings. The molecule has 1 fully saturated rings. The van der Waals surface area contributed by atoms with Crippen LogP contribution in [0.2, 0.25) is 5.15 Å². The first kappa shape index (κ1) is 25.1. The molecule has 180 valence electrons. The fourth-order valence-corrected chi connectivity index (χ4v) is 3.78. The first-order valence-electron chi connectivity index (χ1n) is 10.8. The molecule has 1 aliphatic rings. The number of alkyl halides is 1. The highest BCUT2D eigenvalue weighted by Crippen LogP contribution is 2.45. The van der Waals surface area contributed by atoms with E-state index in [0.29, 0.717) is 5.57 Å². The molecule has 0 saturated heterocycles. The van der Waals surface area contributed by atoms with Gasteiger partial charge < -0.3 is 9.47 Å². The van der Waals surface area contributed by atoms with Gasteiger partial charge in [-0.15, -0.1) is 0 Å². The molecule has 4 atom stereocenters. The molecule has 0 N–H and O–H groups in total. The topological polar surface area (TPSA) is 96.2 Å². The van der Waals surface area contributed by atoms with Crippen molar-refractivity contribution in [1.29, 1.82) is 0 Å². The van der Waals surface area contributed by atoms with Crippen molar-refractivity contribution in [1.82, 2.24) is 19.5 Å². The first-order valence-corrected chi connectivity index (χ1v) is 11.1. The highest BCUT2D eigenvalue weighted by atomic mass is 35.5. The predicted octanol–water partition coefficient (Wildman–Crippen LogP) is 4.69. The zero-order valence-electron chi connectivity index (χ0n) is 19.8. The summed E-state index contributed by atoms with van der Waals surface area (Å²) in [6.45, 7) is 14.5. The number of hydrogen-bond acceptors (Lipinski definition) is 7. The van der Waals surface area contributed by atoms with E-state index >= 15 is 4.39 Å². The number of hydrogen-bond donors (Lipinski definition) is 0. The van der Waals surface area contributed by atoms with Crippen LogP contribution in [0.4, 0.5) is 4.39 Å². The molecule has 0 aliphatic heterocycles. The summed E-state index contributed by atoms with van der Waals surface area (Å²) in [6.07, 6.45) is 0.451. The summed E-state index contributed by atoms with van der Waals surface area (Å²) in [7, 11) is 0. The molecule has 2 heterocycles. The van der Waals surface area contributed by atoms with Crippen LogP contribution in [0.25, 0.3) is 11.2 Å². The standard InChI is InChI=1S/C23H30ClFN4O4/c1-12-13(18(25)29-11-28-16-17(24)26-10-27-19(16)29)8-15(33-21(31)23(5,6)7)14(12)9-32-20(30)22(2,3)4/h10-11,13-15,18H,1,8-9H2,2-7H3/t13-,14+,15-,18?/m0/s1. The number of nitrogens with zero attached hydrogens (tertiary/aromatic N) is 4. The molecule has 1 unspecified atom stereocenters. The molecule has 0 amide bonds. The van der Waals surface area contributed by atoms with Gasteiger partial charge in [0.15, 0.2) is 17.1 Å². The Kier molecular flexibility index (Phi) is 6.84. The van der Waals surface area contributed by atoms with E-state index in [1.54, 1.807) is 41.5 Å². The van der Waals surface area contributed by atoms with Gasteiger partial charge in [-0.25, -0.2) is 19.3 Å². The lowest BCUT2D eigenvalue weighted by atomic mass is 9.95. The SMILES string of the molecule is C=C1[C@@H](COC(=O)C(C)(C)C)[C@@H](OC(=O)C(C)(C)C)C[C@@H]1C(F)n1cnc2c(Cl)ncnc21. The van der Waals surface area contributed by atoms with Crippen molar-refractivity contribution >= 4 is 34.7 Å². The van der Waals surface area contributed by atoms with E-state index in [1.807, 2.05) is 0 Å². The van der Waals surface area contributed by atoms with Gasteiger partial charge in [0.1, 0.15) is 24.6 Å². The molecule has 8 nitrogen and oxygen atoms in total. The van der Waals surface area contributed by atoms with Gasteiger partial charge in [0, 0.05) is 5.92 Å². The van der Waals surface area contributed by atoms with Crippen molar-refractivity contribution in [2.24, 2.45) is 22.7 Å². The molecular formula is C23H30ClFN4O4. The minimum absolute atomic E-state index is 0.0566. The minimum Gasteiger partial charge on any atom is -0.464 e. The summed E-state index contributed by atoms with van der Waals surface area (Å²) < 4.78 is 28.3. The average molecular weight is 481 g/mol. The first-order chi connectivity index (χ1) is 15.2. The molecule has 2 aromatic heterocycles. The number of carbonyl (C=O) groups excluding carboxylic acids is 2. The third kappa shape index (κ3) is 5.18. The molecule has 33 heavy (non-hydrogen) atoms. The smallest absolute Gasteiger partial charge is 0.311 e. The van der Waals surface area contributed by atoms with Crippen molar-refractivity contribution in [2.45, 2.75) is 60.4 Å². The molecule has 0 spiro atoms. The van der Waals surface area contributed by atoms with Crippen LogP contribution in [0.15, 0.2) is 24.8 Å². The predicted molar refractivity (Wildman–Crippen MR) is 121 cm³/mol. The lowest BCUT2D eigenvalue weighted by Crippen LogP contribution is -2.33. The Labute approximate surface area is 197 Å². The van der Waals surface area contributed by atoms with Gasteiger partial charge in [0.05, 0.1) is 23.1 Å². The van der Waals surface area contributed by atoms with Crippen LogP contribution >= 0.6 is 11.6 Å². The van der Waals surface area contributed by atoms with Gasteiger partial charge in [-0.2, -0.15) is 0 Å². The van der Waals surface area contributed by atoms with Gasteiger partial charge in [-0.1, -0.05) is 23.8 Å². The van der Waals surface area contributed by atoms with Gasteiger partial charge in [-0.05, 0) is 48.0 Å². The van der Waals surface area contributed by atoms with Crippen LogP contribution in [0.1, 0.15) is 54.3 Å². The lowest BCUT2D eigenvalue weighted by Gasteiger charge is -2.26. The minimum atomic E-state index is -1.59. The van der Waals surface area contributed by atoms with E-state index in [0.717, 1.165) is 0 Å². The molecule has 1 saturated carbocycles. The Balaban J connectivity index is 1.87. The summed E-state index contributed by atoms with van der Waals surface area (Å²) in [6, 6.07) is 0. The fraction of sp³-hybridized carbons (Fsp3) is 0.609. The van der Waals surface area contributed by atoms with Crippen LogP contribution in [-0.2, 0) is 19.1 Å². The lowest BCUT2D eigenvalue weighted by molar-refractivity contribution is -0.163. The zero-order valence-corrected chi connectivity index (χ0v) is 20.5. The quantitative estimate of drug-likeness (QED) is 0.348. The number of halogens is 2. The summed E-state index contributed by atoms with van der Waals surface area (Å²) in [4.78, 5) is 37.0. The second kappa shape index (κ2) is 9.00. The van der Waals surface area contributed by atoms with Crippen LogP contribution in [0, 0.1) is 22.7 Å². The second-order valence-corrected chi connectivity index (χ2v) is 10.8. The Morgan fingerprint density at radius 3 is 2.42 bits per heavy atom. The molecule has 0 bridgehead atoms. The number of fused-ring (bicyclic) bond motifs is 1. The van der Waals surface area contributed by atoms with Crippen molar-refractivity contribution in [3.63, 3.8) is 0 Å². The van der Waals surface area contributed by atoms with Crippen molar-refractivity contribution in [3.8, 4) is 0 Å². The van der Waals surface area contributed by atoms with E-state index in [-0.39, 0.29) is 29.3 Å². The van der Waals surface area contributed by atoms with Crippen LogP contribution in [-0.4, -0.2) is 44.2 Å². The van der Waals surface area contributed by atoms with Gasteiger partial charge in [-0.3, -0.25) is 14.2 Å². The Morgan fingerprint density at radius 1 is 1.18 bits per heavy atom. The van der Waals surface area contributed by atoms with E-state index in [9.17, 15) is 9.59 Å². The van der Waals surface area contributed by atoms with Crippen molar-refractivity contribution in [3.05, 3.63) is 30.0 Å². The summed E-state index contributed by atoms with van der Waals surface area (Å²) in [5.74, 6) is -2.08. The highest BCUT2D eigenvalue weighted by Gasteiger charge is 2.46. The number of imidazole rings is 1. The van der Waals surface area contributed by atoms with E-state index in [4.69, 9.17) is 21.1 Å². The summed E-state index contributed by atoms with van der Waals surface area (Å²) in [5, 5.41) is 0.125. The number of rotatable bonds is 5. The van der Waals surface area contributed by atoms with E-state index < -0.39 is 47.0 Å². The number of esters is 2. The highest BCUT2D eigenvalue weighted by molar-refractivity contribution is 6.33. The average Bonchev–Trinajstić information content (AvgIpc) is 3.27. The largest absolute Gasteiger partial charge is 0.464 e. The van der Waals surface area contributed by atoms with Crippen LogP contribution in [0.5, 0.6) is 0 Å². The van der Waals surface area contributed by atoms with Crippen molar-refractivity contribution < 1.29 is 23.5 Å². The van der Waals surface area contributed by atoms with E-state index in [1.165, 1.54) is 17.2 Å². The summed E-state index contributed by atoms with van der Waals surface area (Å²) >= 11 is 6.04. The molecule has 3 rings (SSSR count). The molecule has 0 radical (unpaired) electrons. The van der Waals surface area contributed by atoms with Gasteiger partial charge in [0.2, 0.25) is 0 Å². The molecular weight excluding hydrogens is 451 g/mol. The van der Waals surface area contributed by atoms with Gasteiger partial charge in [0.25, 0.3) is 0 Å². The maximum absolute atomic E-state index is 15.8. The Morgan fingerprint density at radius 2 is 1.82 bits per heavy atom. The van der Waals surface area contributed by atoms with Crippen LogP contribution < -0.4 is 0 Å². The maximum Gasteiger partial charge on any atom is 0.311 e. The number of aromatic nitrogens is 4. The molecule has 0 aromatic carbocycles. The number of carbonyl (C=O) groups is 2. The zero-order chi connectivity index (χ0) is 24.7. The third-order valence-corrected chi connectivity index (χ3v) is 5.95. The fourth-order valence-electron chi connectivity index (χ4n) is 3.61. The summed E-state index contributed by atoms with van der Waals surface area (Å²) in [5.41, 5.74) is -0.403. The van der Waals surface area contributed by atoms with E-state index in [2.05, 4.69) is 21.5 Å². The Hall–Kier alpha value is -2.55. The molecule has 10 heteroatoms. The normalized spacial score (nSPS) is 22.4. The monoisotopic (exact) mass is 480 g/mol. The van der Waals surface area contributed by atoms with Gasteiger partial charge >= 0.3 is 11.9 Å². The molecule has 1 aliphatic carbocycles. The third-order valence-electron chi connectivity index (χ3n) is 5.68. The van der Waals surface area contributed by atoms with Crippen LogP contribution in [0.3, 0.4) is 0 Å².